The summed E-state index contributed by atoms with van der Waals surface area (Å²) in [6.07, 6.45) is -3.32. The van der Waals surface area contributed by atoms with Gasteiger partial charge in [-0.25, -0.2) is 4.98 Å². The Morgan fingerprint density at radius 1 is 1.32 bits per heavy atom. The van der Waals surface area contributed by atoms with E-state index >= 15 is 0 Å². The lowest BCUT2D eigenvalue weighted by Gasteiger charge is -2.12. The number of halogens is 3. The molecule has 0 unspecified atom stereocenters. The summed E-state index contributed by atoms with van der Waals surface area (Å²) in [6.45, 7) is -1.14. The molecule has 1 aliphatic rings. The maximum Gasteiger partial charge on any atom is 0.422 e. The first kappa shape index (κ1) is 16.7. The number of pyridine rings is 1. The molecular formula is C16H12F3N3O3. The number of amides is 2. The number of anilines is 1. The lowest BCUT2D eigenvalue weighted by atomic mass is 10.1. The molecule has 6 nitrogen and oxygen atoms in total. The largest absolute Gasteiger partial charge is 0.467 e. The molecule has 0 saturated carbocycles. The van der Waals surface area contributed by atoms with Crippen molar-refractivity contribution in [3.05, 3.63) is 53.2 Å². The molecule has 3 rings (SSSR count). The van der Waals surface area contributed by atoms with Gasteiger partial charge in [-0.1, -0.05) is 6.07 Å². The number of aromatic nitrogens is 1. The zero-order valence-electron chi connectivity index (χ0n) is 12.7. The predicted molar refractivity (Wildman–Crippen MR) is 81.4 cm³/mol. The van der Waals surface area contributed by atoms with Crippen molar-refractivity contribution in [1.29, 1.82) is 0 Å². The van der Waals surface area contributed by atoms with E-state index in [0.29, 0.717) is 17.8 Å². The second-order valence-electron chi connectivity index (χ2n) is 5.27. The van der Waals surface area contributed by atoms with Crippen LogP contribution in [0.4, 0.5) is 18.9 Å². The third-order valence-corrected chi connectivity index (χ3v) is 3.44. The lowest BCUT2D eigenvalue weighted by molar-refractivity contribution is -0.154. The average Bonchev–Trinajstić information content (AvgIpc) is 2.93. The quantitative estimate of drug-likeness (QED) is 0.887. The van der Waals surface area contributed by atoms with Crippen molar-refractivity contribution in [2.24, 2.45) is 0 Å². The number of ether oxygens (including phenoxy) is 1. The minimum atomic E-state index is -4.54. The highest BCUT2D eigenvalue weighted by atomic mass is 19.4. The molecule has 1 aliphatic heterocycles. The molecule has 2 aromatic rings. The summed E-state index contributed by atoms with van der Waals surface area (Å²) >= 11 is 0. The predicted octanol–water partition coefficient (Wildman–Crippen LogP) is 2.52. The number of hydrogen-bond donors (Lipinski definition) is 2. The number of nitrogens with zero attached hydrogens (tertiary/aromatic N) is 1. The Labute approximate surface area is 140 Å². The highest BCUT2D eigenvalue weighted by molar-refractivity contribution is 6.07. The van der Waals surface area contributed by atoms with Gasteiger partial charge in [-0.3, -0.25) is 9.59 Å². The van der Waals surface area contributed by atoms with Crippen molar-refractivity contribution in [3.63, 3.8) is 0 Å². The fraction of sp³-hybridized carbons (Fsp3) is 0.188. The molecule has 0 bridgehead atoms. The first-order valence-corrected chi connectivity index (χ1v) is 7.20. The number of rotatable bonds is 4. The minimum Gasteiger partial charge on any atom is -0.467 e. The van der Waals surface area contributed by atoms with Crippen molar-refractivity contribution in [2.75, 3.05) is 11.9 Å². The number of alkyl halides is 3. The van der Waals surface area contributed by atoms with Gasteiger partial charge in [0, 0.05) is 24.0 Å². The molecule has 9 heteroatoms. The van der Waals surface area contributed by atoms with Crippen LogP contribution in [0.5, 0.6) is 5.88 Å². The standard InChI is InChI=1S/C16H12F3N3O3/c17-16(18,19)8-25-15-11(2-1-5-20-15)14(24)22-10-4-3-9-7-21-13(23)12(9)6-10/h1-6H,7-8H2,(H,21,23)(H,22,24). The molecule has 0 aliphatic carbocycles. The summed E-state index contributed by atoms with van der Waals surface area (Å²) in [6, 6.07) is 7.50. The van der Waals surface area contributed by atoms with Gasteiger partial charge in [-0.15, -0.1) is 0 Å². The van der Waals surface area contributed by atoms with Gasteiger partial charge in [-0.2, -0.15) is 13.2 Å². The number of carbonyl (C=O) groups is 2. The maximum absolute atomic E-state index is 12.3. The van der Waals surface area contributed by atoms with Crippen LogP contribution in [-0.2, 0) is 6.54 Å². The van der Waals surface area contributed by atoms with Crippen molar-refractivity contribution < 1.29 is 27.5 Å². The van der Waals surface area contributed by atoms with Gasteiger partial charge in [0.25, 0.3) is 11.8 Å². The van der Waals surface area contributed by atoms with Gasteiger partial charge in [0.15, 0.2) is 6.61 Å². The smallest absolute Gasteiger partial charge is 0.422 e. The van der Waals surface area contributed by atoms with Gasteiger partial charge in [0.1, 0.15) is 5.56 Å². The molecule has 2 N–H and O–H groups in total. The van der Waals surface area contributed by atoms with E-state index in [1.807, 2.05) is 0 Å². The van der Waals surface area contributed by atoms with Gasteiger partial charge in [0.2, 0.25) is 5.88 Å². The fourth-order valence-corrected chi connectivity index (χ4v) is 2.32. The van der Waals surface area contributed by atoms with Crippen LogP contribution < -0.4 is 15.4 Å². The Kier molecular flexibility index (Phi) is 4.30. The summed E-state index contributed by atoms with van der Waals surface area (Å²) < 4.78 is 41.5. The lowest BCUT2D eigenvalue weighted by Crippen LogP contribution is -2.22. The second-order valence-corrected chi connectivity index (χ2v) is 5.27. The van der Waals surface area contributed by atoms with Crippen LogP contribution in [-0.4, -0.2) is 29.6 Å². The monoisotopic (exact) mass is 351 g/mol. The van der Waals surface area contributed by atoms with Crippen LogP contribution >= 0.6 is 0 Å². The maximum atomic E-state index is 12.3. The Hall–Kier alpha value is -3.10. The van der Waals surface area contributed by atoms with E-state index in [-0.39, 0.29) is 11.5 Å². The first-order valence-electron chi connectivity index (χ1n) is 7.20. The van der Waals surface area contributed by atoms with E-state index in [1.54, 1.807) is 12.1 Å². The third kappa shape index (κ3) is 3.87. The average molecular weight is 351 g/mol. The Balaban J connectivity index is 1.78. The number of nitrogens with one attached hydrogen (secondary N) is 2. The SMILES string of the molecule is O=C1NCc2ccc(NC(=O)c3cccnc3OCC(F)(F)F)cc21. The van der Waals surface area contributed by atoms with Crippen LogP contribution in [0, 0.1) is 0 Å². The molecule has 1 aromatic carbocycles. The molecule has 0 radical (unpaired) electrons. The molecule has 130 valence electrons. The number of fused-ring (bicyclic) bond motifs is 1. The van der Waals surface area contributed by atoms with Crippen LogP contribution in [0.2, 0.25) is 0 Å². The highest BCUT2D eigenvalue weighted by Gasteiger charge is 2.29. The molecule has 2 heterocycles. The van der Waals surface area contributed by atoms with Crippen LogP contribution in [0.15, 0.2) is 36.5 Å². The van der Waals surface area contributed by atoms with Crippen molar-refractivity contribution in [1.82, 2.24) is 10.3 Å². The summed E-state index contributed by atoms with van der Waals surface area (Å²) in [5, 5.41) is 5.17. The zero-order valence-corrected chi connectivity index (χ0v) is 12.7. The Morgan fingerprint density at radius 3 is 2.88 bits per heavy atom. The van der Waals surface area contributed by atoms with Gasteiger partial charge in [0.05, 0.1) is 0 Å². The van der Waals surface area contributed by atoms with Crippen molar-refractivity contribution in [2.45, 2.75) is 12.7 Å². The second kappa shape index (κ2) is 6.42. The summed E-state index contributed by atoms with van der Waals surface area (Å²) in [5.74, 6) is -1.36. The molecule has 0 atom stereocenters. The molecule has 0 saturated heterocycles. The van der Waals surface area contributed by atoms with E-state index in [9.17, 15) is 22.8 Å². The van der Waals surface area contributed by atoms with E-state index in [2.05, 4.69) is 20.4 Å². The number of carbonyl (C=O) groups excluding carboxylic acids is 2. The Morgan fingerprint density at radius 2 is 2.12 bits per heavy atom. The third-order valence-electron chi connectivity index (χ3n) is 3.44. The molecule has 25 heavy (non-hydrogen) atoms. The highest BCUT2D eigenvalue weighted by Crippen LogP contribution is 2.23. The van der Waals surface area contributed by atoms with Crippen LogP contribution in [0.3, 0.4) is 0 Å². The topological polar surface area (TPSA) is 80.3 Å². The van der Waals surface area contributed by atoms with Crippen LogP contribution in [0.25, 0.3) is 0 Å². The van der Waals surface area contributed by atoms with Gasteiger partial charge < -0.3 is 15.4 Å². The molecular weight excluding hydrogens is 339 g/mol. The van der Waals surface area contributed by atoms with Crippen molar-refractivity contribution >= 4 is 17.5 Å². The summed E-state index contributed by atoms with van der Waals surface area (Å²) in [5.41, 5.74) is 1.44. The Bertz CT molecular complexity index is 837. The van der Waals surface area contributed by atoms with Gasteiger partial charge in [-0.05, 0) is 29.8 Å². The molecule has 2 amide bonds. The summed E-state index contributed by atoms with van der Waals surface area (Å²) in [7, 11) is 0. The van der Waals surface area contributed by atoms with Crippen molar-refractivity contribution in [3.8, 4) is 5.88 Å². The number of benzene rings is 1. The van der Waals surface area contributed by atoms with E-state index < -0.39 is 24.6 Å². The molecule has 0 spiro atoms. The molecule has 1 aromatic heterocycles. The van der Waals surface area contributed by atoms with E-state index in [4.69, 9.17) is 0 Å². The zero-order chi connectivity index (χ0) is 18.0. The fourth-order valence-electron chi connectivity index (χ4n) is 2.32. The summed E-state index contributed by atoms with van der Waals surface area (Å²) in [4.78, 5) is 27.6. The van der Waals surface area contributed by atoms with Gasteiger partial charge >= 0.3 is 6.18 Å². The minimum absolute atomic E-state index is 0.142. The normalized spacial score (nSPS) is 13.2. The first-order chi connectivity index (χ1) is 11.8. The van der Waals surface area contributed by atoms with Crippen LogP contribution in [0.1, 0.15) is 26.3 Å². The van der Waals surface area contributed by atoms with E-state index in [0.717, 1.165) is 5.56 Å². The molecule has 0 fully saturated rings. The number of hydrogen-bond acceptors (Lipinski definition) is 4. The van der Waals surface area contributed by atoms with E-state index in [1.165, 1.54) is 24.4 Å².